The highest BCUT2D eigenvalue weighted by molar-refractivity contribution is 7.17. The second-order valence-electron chi connectivity index (χ2n) is 7.19. The first kappa shape index (κ1) is 23.4. The standard InChI is InChI=1S/C19H25ClFN5O4S/c1-3-11-15(20)25-16(23-11)17(27)24-12-5-7-26(9-13(12)30-8-4-6-21)19-22-10(2)14(31-19)18(28)29/h12-13H,3-9H2,1-2H3,(H,23,25)(H,24,27)(H,28,29). The van der Waals surface area contributed by atoms with Gasteiger partial charge in [-0.2, -0.15) is 0 Å². The van der Waals surface area contributed by atoms with Crippen LogP contribution in [0.2, 0.25) is 5.15 Å². The number of anilines is 1. The molecule has 1 saturated heterocycles. The van der Waals surface area contributed by atoms with Gasteiger partial charge in [0.25, 0.3) is 5.91 Å². The third-order valence-electron chi connectivity index (χ3n) is 5.03. The van der Waals surface area contributed by atoms with Crippen LogP contribution in [0.1, 0.15) is 51.4 Å². The van der Waals surface area contributed by atoms with Crippen LogP contribution in [0, 0.1) is 6.92 Å². The molecule has 0 saturated carbocycles. The van der Waals surface area contributed by atoms with Crippen LogP contribution >= 0.6 is 22.9 Å². The summed E-state index contributed by atoms with van der Waals surface area (Å²) < 4.78 is 18.4. The highest BCUT2D eigenvalue weighted by Crippen LogP contribution is 2.29. The maximum Gasteiger partial charge on any atom is 0.347 e. The van der Waals surface area contributed by atoms with Crippen molar-refractivity contribution in [3.63, 3.8) is 0 Å². The van der Waals surface area contributed by atoms with E-state index in [1.165, 1.54) is 0 Å². The average molecular weight is 474 g/mol. The maximum absolute atomic E-state index is 12.7. The Bertz CT molecular complexity index is 937. The number of carbonyl (C=O) groups excluding carboxylic acids is 1. The maximum atomic E-state index is 12.7. The number of hydrogen-bond acceptors (Lipinski definition) is 7. The van der Waals surface area contributed by atoms with Crippen molar-refractivity contribution in [3.8, 4) is 0 Å². The molecule has 2 aromatic rings. The Morgan fingerprint density at radius 2 is 2.23 bits per heavy atom. The predicted octanol–water partition coefficient (Wildman–Crippen LogP) is 2.84. The number of imidazole rings is 1. The number of halogens is 2. The quantitative estimate of drug-likeness (QED) is 0.479. The van der Waals surface area contributed by atoms with Gasteiger partial charge in [0.1, 0.15) is 4.88 Å². The Hall–Kier alpha value is -2.24. The number of aromatic carboxylic acids is 1. The lowest BCUT2D eigenvalue weighted by Crippen LogP contribution is -2.55. The Balaban J connectivity index is 1.72. The largest absolute Gasteiger partial charge is 0.477 e. The van der Waals surface area contributed by atoms with Crippen molar-refractivity contribution in [1.82, 2.24) is 20.3 Å². The van der Waals surface area contributed by atoms with E-state index in [0.29, 0.717) is 42.5 Å². The fourth-order valence-electron chi connectivity index (χ4n) is 3.40. The third-order valence-corrected chi connectivity index (χ3v) is 6.55. The van der Waals surface area contributed by atoms with Crippen LogP contribution in [-0.4, -0.2) is 70.5 Å². The summed E-state index contributed by atoms with van der Waals surface area (Å²) in [6.45, 7) is 4.23. The number of carboxylic acid groups (broad SMARTS) is 1. The lowest BCUT2D eigenvalue weighted by atomic mass is 10.0. The van der Waals surface area contributed by atoms with E-state index >= 15 is 0 Å². The van der Waals surface area contributed by atoms with Gasteiger partial charge in [-0.3, -0.25) is 9.18 Å². The topological polar surface area (TPSA) is 120 Å². The number of aromatic amines is 1. The van der Waals surface area contributed by atoms with Gasteiger partial charge in [0, 0.05) is 19.7 Å². The molecular formula is C19H25ClFN5O4S. The Labute approximate surface area is 188 Å². The van der Waals surface area contributed by atoms with E-state index in [1.807, 2.05) is 11.8 Å². The number of aryl methyl sites for hydroxylation is 2. The number of ether oxygens (including phenoxy) is 1. The summed E-state index contributed by atoms with van der Waals surface area (Å²) >= 11 is 7.14. The van der Waals surface area contributed by atoms with Crippen LogP contribution in [0.4, 0.5) is 9.52 Å². The van der Waals surface area contributed by atoms with Gasteiger partial charge in [-0.1, -0.05) is 29.9 Å². The molecule has 2 atom stereocenters. The molecule has 0 aromatic carbocycles. The summed E-state index contributed by atoms with van der Waals surface area (Å²) in [6, 6.07) is -0.322. The minimum Gasteiger partial charge on any atom is -0.477 e. The van der Waals surface area contributed by atoms with Gasteiger partial charge < -0.3 is 25.0 Å². The number of rotatable bonds is 9. The number of thiazole rings is 1. The minimum absolute atomic E-state index is 0.133. The van der Waals surface area contributed by atoms with Crippen LogP contribution in [0.25, 0.3) is 0 Å². The molecule has 1 aliphatic rings. The highest BCUT2D eigenvalue weighted by atomic mass is 35.5. The molecule has 0 spiro atoms. The normalized spacial score (nSPS) is 18.9. The van der Waals surface area contributed by atoms with E-state index in [9.17, 15) is 19.1 Å². The van der Waals surface area contributed by atoms with E-state index in [-0.39, 0.29) is 34.9 Å². The van der Waals surface area contributed by atoms with Crippen LogP contribution in [0.15, 0.2) is 0 Å². The smallest absolute Gasteiger partial charge is 0.347 e. The van der Waals surface area contributed by atoms with Crippen molar-refractivity contribution in [3.05, 3.63) is 27.2 Å². The van der Waals surface area contributed by atoms with Crippen LogP contribution in [-0.2, 0) is 11.2 Å². The third kappa shape index (κ3) is 5.52. The molecule has 1 aliphatic heterocycles. The van der Waals surface area contributed by atoms with Crippen molar-refractivity contribution in [2.75, 3.05) is 31.3 Å². The molecule has 3 heterocycles. The van der Waals surface area contributed by atoms with Gasteiger partial charge in [-0.05, 0) is 26.2 Å². The zero-order valence-corrected chi connectivity index (χ0v) is 18.9. The molecule has 0 aliphatic carbocycles. The molecule has 3 N–H and O–H groups in total. The zero-order valence-electron chi connectivity index (χ0n) is 17.3. The molecule has 12 heteroatoms. The second kappa shape index (κ2) is 10.4. The number of piperidine rings is 1. The summed E-state index contributed by atoms with van der Waals surface area (Å²) in [5.41, 5.74) is 1.14. The summed E-state index contributed by atoms with van der Waals surface area (Å²) in [6.07, 6.45) is 1.00. The fourth-order valence-corrected chi connectivity index (χ4v) is 4.60. The monoisotopic (exact) mass is 473 g/mol. The molecule has 1 amide bonds. The number of aromatic nitrogens is 3. The highest BCUT2D eigenvalue weighted by Gasteiger charge is 2.33. The molecule has 2 aromatic heterocycles. The average Bonchev–Trinajstić information content (AvgIpc) is 3.31. The summed E-state index contributed by atoms with van der Waals surface area (Å²) in [5, 5.41) is 13.1. The van der Waals surface area contributed by atoms with Gasteiger partial charge in [0.15, 0.2) is 16.1 Å². The van der Waals surface area contributed by atoms with Crippen molar-refractivity contribution in [2.24, 2.45) is 0 Å². The van der Waals surface area contributed by atoms with Crippen molar-refractivity contribution in [2.45, 2.75) is 45.3 Å². The van der Waals surface area contributed by atoms with Gasteiger partial charge in [-0.15, -0.1) is 0 Å². The van der Waals surface area contributed by atoms with Gasteiger partial charge in [-0.25, -0.2) is 14.8 Å². The molecule has 3 rings (SSSR count). The zero-order chi connectivity index (χ0) is 22.5. The van der Waals surface area contributed by atoms with Gasteiger partial charge in [0.2, 0.25) is 0 Å². The van der Waals surface area contributed by atoms with Crippen molar-refractivity contribution in [1.29, 1.82) is 0 Å². The summed E-state index contributed by atoms with van der Waals surface area (Å²) in [7, 11) is 0. The van der Waals surface area contributed by atoms with Crippen molar-refractivity contribution < 1.29 is 23.8 Å². The first-order valence-corrected chi connectivity index (χ1v) is 11.2. The van der Waals surface area contributed by atoms with E-state index in [2.05, 4.69) is 20.3 Å². The number of alkyl halides is 1. The minimum atomic E-state index is -1.01. The van der Waals surface area contributed by atoms with E-state index < -0.39 is 24.7 Å². The lowest BCUT2D eigenvalue weighted by molar-refractivity contribution is 0.0171. The number of amides is 1. The summed E-state index contributed by atoms with van der Waals surface area (Å²) in [4.78, 5) is 37.5. The molecule has 1 fully saturated rings. The number of nitrogens with zero attached hydrogens (tertiary/aromatic N) is 3. The number of carbonyl (C=O) groups is 2. The fraction of sp³-hybridized carbons (Fsp3) is 0.579. The molecular weight excluding hydrogens is 449 g/mol. The SMILES string of the molecule is CCc1[nH]c(C(=O)NC2CCN(c3nc(C)c(C(=O)O)s3)CC2OCCCF)nc1Cl. The van der Waals surface area contributed by atoms with Crippen molar-refractivity contribution >= 4 is 39.9 Å². The number of carboxylic acids is 1. The molecule has 170 valence electrons. The van der Waals surface area contributed by atoms with E-state index in [4.69, 9.17) is 16.3 Å². The Kier molecular flexibility index (Phi) is 7.84. The number of nitrogens with one attached hydrogen (secondary N) is 2. The number of hydrogen-bond donors (Lipinski definition) is 3. The molecule has 0 bridgehead atoms. The predicted molar refractivity (Wildman–Crippen MR) is 115 cm³/mol. The van der Waals surface area contributed by atoms with Gasteiger partial charge >= 0.3 is 5.97 Å². The first-order valence-electron chi connectivity index (χ1n) is 10.0. The molecule has 31 heavy (non-hydrogen) atoms. The van der Waals surface area contributed by atoms with Gasteiger partial charge in [0.05, 0.1) is 30.2 Å². The summed E-state index contributed by atoms with van der Waals surface area (Å²) in [5.74, 6) is -1.27. The van der Waals surface area contributed by atoms with Crippen LogP contribution < -0.4 is 10.2 Å². The first-order chi connectivity index (χ1) is 14.8. The molecule has 2 unspecified atom stereocenters. The van der Waals surface area contributed by atoms with E-state index in [1.54, 1.807) is 6.92 Å². The lowest BCUT2D eigenvalue weighted by Gasteiger charge is -2.38. The second-order valence-corrected chi connectivity index (χ2v) is 8.53. The van der Waals surface area contributed by atoms with Crippen LogP contribution in [0.5, 0.6) is 0 Å². The Morgan fingerprint density at radius 3 is 2.84 bits per heavy atom. The molecule has 0 radical (unpaired) electrons. The van der Waals surface area contributed by atoms with Crippen LogP contribution in [0.3, 0.4) is 0 Å². The molecule has 9 nitrogen and oxygen atoms in total. The van der Waals surface area contributed by atoms with E-state index in [0.717, 1.165) is 11.3 Å². The number of H-pyrrole nitrogens is 1. The Morgan fingerprint density at radius 1 is 1.45 bits per heavy atom.